The number of methoxy groups -OCH3 is 1. The lowest BCUT2D eigenvalue weighted by Gasteiger charge is -2.40. The molecule has 1 atom stereocenters. The molecule has 0 spiro atoms. The van der Waals surface area contributed by atoms with Gasteiger partial charge in [0.15, 0.2) is 5.78 Å². The minimum atomic E-state index is -0.684. The van der Waals surface area contributed by atoms with Gasteiger partial charge in [0.2, 0.25) is 0 Å². The molecular formula is C32H29ClN4O5. The molecule has 0 radical (unpaired) electrons. The standard InChI is InChI=1S/C32H29ClN4O5/c1-18-13-19(2)24(14-20(18)17-42-23-10-8-22(41-3)9-11-23)30-25(16-34)32(35)36(27-5-4-6-29(38)31(27)30)21-7-12-26(33)28(15-21)37(39)40/h7-15,30H,4-6,17,35H2,1-3H3. The van der Waals surface area contributed by atoms with Crippen molar-refractivity contribution in [2.45, 2.75) is 45.6 Å². The largest absolute Gasteiger partial charge is 0.497 e. The Morgan fingerprint density at radius 1 is 1.10 bits per heavy atom. The van der Waals surface area contributed by atoms with Crippen LogP contribution in [0.3, 0.4) is 0 Å². The van der Waals surface area contributed by atoms with E-state index in [9.17, 15) is 20.2 Å². The normalized spacial score (nSPS) is 16.7. The van der Waals surface area contributed by atoms with Crippen molar-refractivity contribution in [3.8, 4) is 17.6 Å². The van der Waals surface area contributed by atoms with E-state index in [2.05, 4.69) is 6.07 Å². The first-order valence-corrected chi connectivity index (χ1v) is 13.8. The predicted molar refractivity (Wildman–Crippen MR) is 159 cm³/mol. The topological polar surface area (TPSA) is 132 Å². The number of nitrogens with zero attached hydrogens (tertiary/aromatic N) is 3. The molecule has 0 bridgehead atoms. The number of Topliss-reactive ketones (excluding diaryl/α,β-unsaturated/α-hetero) is 1. The van der Waals surface area contributed by atoms with Crippen LogP contribution in [0.4, 0.5) is 11.4 Å². The molecule has 9 nitrogen and oxygen atoms in total. The molecule has 2 N–H and O–H groups in total. The monoisotopic (exact) mass is 584 g/mol. The van der Waals surface area contributed by atoms with Gasteiger partial charge < -0.3 is 15.2 Å². The van der Waals surface area contributed by atoms with E-state index in [1.54, 1.807) is 18.1 Å². The lowest BCUT2D eigenvalue weighted by molar-refractivity contribution is -0.384. The number of hydrogen-bond acceptors (Lipinski definition) is 8. The van der Waals surface area contributed by atoms with Crippen molar-refractivity contribution in [3.05, 3.63) is 115 Å². The lowest BCUT2D eigenvalue weighted by Crippen LogP contribution is -2.39. The Balaban J connectivity index is 1.61. The molecule has 1 heterocycles. The molecule has 1 unspecified atom stereocenters. The number of anilines is 1. The number of hydrogen-bond donors (Lipinski definition) is 1. The van der Waals surface area contributed by atoms with Crippen molar-refractivity contribution in [2.24, 2.45) is 5.73 Å². The van der Waals surface area contributed by atoms with E-state index >= 15 is 0 Å². The summed E-state index contributed by atoms with van der Waals surface area (Å²) in [6.07, 6.45) is 1.45. The third kappa shape index (κ3) is 5.17. The summed E-state index contributed by atoms with van der Waals surface area (Å²) >= 11 is 6.07. The number of aryl methyl sites for hydroxylation is 2. The van der Waals surface area contributed by atoms with Crippen LogP contribution in [0.2, 0.25) is 5.02 Å². The second-order valence-electron chi connectivity index (χ2n) is 10.3. The lowest BCUT2D eigenvalue weighted by atomic mass is 9.74. The summed E-state index contributed by atoms with van der Waals surface area (Å²) in [5.41, 5.74) is 11.7. The van der Waals surface area contributed by atoms with Gasteiger partial charge in [0.05, 0.1) is 35.3 Å². The quantitative estimate of drug-likeness (QED) is 0.238. The van der Waals surface area contributed by atoms with Crippen molar-refractivity contribution in [3.63, 3.8) is 0 Å². The number of nitriles is 1. The summed E-state index contributed by atoms with van der Waals surface area (Å²) < 4.78 is 11.3. The second kappa shape index (κ2) is 11.6. The van der Waals surface area contributed by atoms with Crippen molar-refractivity contribution in [2.75, 3.05) is 12.0 Å². The number of nitro groups is 1. The van der Waals surface area contributed by atoms with E-state index in [4.69, 9.17) is 26.8 Å². The SMILES string of the molecule is COc1ccc(OCc2cc(C3C(C#N)=C(N)N(c4ccc(Cl)c([N+](=O)[O-])c4)C4=C3C(=O)CCC4)c(C)cc2C)cc1. The van der Waals surface area contributed by atoms with Crippen LogP contribution in [0, 0.1) is 35.3 Å². The van der Waals surface area contributed by atoms with E-state index in [-0.39, 0.29) is 34.5 Å². The summed E-state index contributed by atoms with van der Waals surface area (Å²) in [6.45, 7) is 4.22. The van der Waals surface area contributed by atoms with E-state index in [1.165, 1.54) is 12.1 Å². The summed E-state index contributed by atoms with van der Waals surface area (Å²) in [7, 11) is 1.60. The Kier molecular flexibility index (Phi) is 7.92. The van der Waals surface area contributed by atoms with Crippen LogP contribution in [0.1, 0.15) is 47.4 Å². The summed E-state index contributed by atoms with van der Waals surface area (Å²) in [5, 5.41) is 22.0. The average Bonchev–Trinajstić information content (AvgIpc) is 2.97. The van der Waals surface area contributed by atoms with E-state index in [1.807, 2.05) is 50.2 Å². The fraction of sp³-hybridized carbons (Fsp3) is 0.250. The van der Waals surface area contributed by atoms with Gasteiger partial charge in [-0.2, -0.15) is 5.26 Å². The molecule has 1 aliphatic heterocycles. The van der Waals surface area contributed by atoms with Crippen LogP contribution in [0.25, 0.3) is 0 Å². The number of ether oxygens (including phenoxy) is 2. The number of benzene rings is 3. The molecule has 0 saturated carbocycles. The van der Waals surface area contributed by atoms with Crippen LogP contribution in [0.5, 0.6) is 11.5 Å². The highest BCUT2D eigenvalue weighted by Crippen LogP contribution is 2.48. The van der Waals surface area contributed by atoms with E-state index < -0.39 is 10.8 Å². The Bertz CT molecular complexity index is 1700. The first-order valence-electron chi connectivity index (χ1n) is 13.4. The number of nitrogens with two attached hydrogens (primary N) is 1. The fourth-order valence-corrected chi connectivity index (χ4v) is 5.87. The average molecular weight is 585 g/mol. The van der Waals surface area contributed by atoms with Crippen LogP contribution >= 0.6 is 11.6 Å². The molecule has 2 aliphatic rings. The maximum absolute atomic E-state index is 13.6. The molecule has 0 saturated heterocycles. The predicted octanol–water partition coefficient (Wildman–Crippen LogP) is 6.76. The van der Waals surface area contributed by atoms with Crippen molar-refractivity contribution >= 4 is 28.8 Å². The van der Waals surface area contributed by atoms with Gasteiger partial charge in [0.25, 0.3) is 5.69 Å². The summed E-state index contributed by atoms with van der Waals surface area (Å²) in [6, 6.07) is 17.9. The van der Waals surface area contributed by atoms with Gasteiger partial charge in [-0.15, -0.1) is 0 Å². The van der Waals surface area contributed by atoms with Gasteiger partial charge in [-0.3, -0.25) is 19.8 Å². The number of nitro benzene ring substituents is 1. The minimum Gasteiger partial charge on any atom is -0.497 e. The second-order valence-corrected chi connectivity index (χ2v) is 10.7. The summed E-state index contributed by atoms with van der Waals surface area (Å²) in [5.74, 6) is 0.772. The molecule has 1 aliphatic carbocycles. The van der Waals surface area contributed by atoms with E-state index in [0.717, 1.165) is 28.0 Å². The first kappa shape index (κ1) is 28.7. The molecule has 214 valence electrons. The zero-order valence-corrected chi connectivity index (χ0v) is 24.2. The molecule has 0 amide bonds. The number of halogens is 1. The van der Waals surface area contributed by atoms with E-state index in [0.29, 0.717) is 42.0 Å². The van der Waals surface area contributed by atoms with Gasteiger partial charge in [-0.05, 0) is 85.3 Å². The highest BCUT2D eigenvalue weighted by Gasteiger charge is 2.41. The molecule has 3 aromatic rings. The van der Waals surface area contributed by atoms with Crippen molar-refractivity contribution in [1.82, 2.24) is 0 Å². The third-order valence-electron chi connectivity index (χ3n) is 7.79. The smallest absolute Gasteiger partial charge is 0.289 e. The van der Waals surface area contributed by atoms with Gasteiger partial charge in [0, 0.05) is 23.8 Å². The maximum atomic E-state index is 13.6. The van der Waals surface area contributed by atoms with Crippen molar-refractivity contribution < 1.29 is 19.2 Å². The van der Waals surface area contributed by atoms with Crippen LogP contribution in [-0.4, -0.2) is 17.8 Å². The molecule has 10 heteroatoms. The Hall–Kier alpha value is -4.81. The maximum Gasteiger partial charge on any atom is 0.289 e. The molecule has 3 aromatic carbocycles. The number of carbonyl (C=O) groups excluding carboxylic acids is 1. The zero-order chi connectivity index (χ0) is 30.1. The molecule has 5 rings (SSSR count). The number of allylic oxidation sites excluding steroid dienone is 3. The van der Waals surface area contributed by atoms with Crippen LogP contribution in [-0.2, 0) is 11.4 Å². The Labute approximate surface area is 248 Å². The highest BCUT2D eigenvalue weighted by molar-refractivity contribution is 6.32. The Morgan fingerprint density at radius 3 is 2.48 bits per heavy atom. The third-order valence-corrected chi connectivity index (χ3v) is 8.11. The van der Waals surface area contributed by atoms with Crippen LogP contribution in [0.15, 0.2) is 77.3 Å². The van der Waals surface area contributed by atoms with Crippen molar-refractivity contribution in [1.29, 1.82) is 5.26 Å². The first-order chi connectivity index (χ1) is 20.1. The Morgan fingerprint density at radius 2 is 1.81 bits per heavy atom. The molecular weight excluding hydrogens is 556 g/mol. The van der Waals surface area contributed by atoms with Gasteiger partial charge >= 0.3 is 0 Å². The highest BCUT2D eigenvalue weighted by atomic mass is 35.5. The van der Waals surface area contributed by atoms with Gasteiger partial charge in [-0.25, -0.2) is 0 Å². The minimum absolute atomic E-state index is 0.0183. The molecule has 42 heavy (non-hydrogen) atoms. The molecule has 0 fully saturated rings. The number of rotatable bonds is 7. The molecule has 0 aromatic heterocycles. The number of carbonyl (C=O) groups is 1. The summed E-state index contributed by atoms with van der Waals surface area (Å²) in [4.78, 5) is 26.2. The number of ketones is 1. The van der Waals surface area contributed by atoms with Gasteiger partial charge in [-0.1, -0.05) is 23.7 Å². The van der Waals surface area contributed by atoms with Crippen LogP contribution < -0.4 is 20.1 Å². The van der Waals surface area contributed by atoms with Gasteiger partial charge in [0.1, 0.15) is 28.9 Å². The fourth-order valence-electron chi connectivity index (χ4n) is 5.69. The zero-order valence-electron chi connectivity index (χ0n) is 23.4.